The molecule has 2 rings (SSSR count). The lowest BCUT2D eigenvalue weighted by atomic mass is 10.2. The predicted molar refractivity (Wildman–Crippen MR) is 74.8 cm³/mol. The zero-order chi connectivity index (χ0) is 14.7. The second-order valence-corrected chi connectivity index (χ2v) is 4.47. The maximum atomic E-state index is 13.8. The standard InChI is InChI=1S/C14H17FN4O/c1-3-10-7-13(19(2)18-10)14(20)17-12-5-4-9(8-16)6-11(12)15/h4-7H,3,8,16H2,1-2H3,(H,17,20). The molecular weight excluding hydrogens is 259 g/mol. The van der Waals surface area contributed by atoms with Crippen LogP contribution in [0.3, 0.4) is 0 Å². The fourth-order valence-corrected chi connectivity index (χ4v) is 1.89. The van der Waals surface area contributed by atoms with Gasteiger partial charge < -0.3 is 11.1 Å². The SMILES string of the molecule is CCc1cc(C(=O)Nc2ccc(CN)cc2F)n(C)n1. The van der Waals surface area contributed by atoms with Gasteiger partial charge in [0.15, 0.2) is 0 Å². The highest BCUT2D eigenvalue weighted by atomic mass is 19.1. The van der Waals surface area contributed by atoms with Crippen molar-refractivity contribution in [3.05, 3.63) is 47.0 Å². The quantitative estimate of drug-likeness (QED) is 0.894. The molecule has 1 aromatic carbocycles. The van der Waals surface area contributed by atoms with Gasteiger partial charge in [-0.15, -0.1) is 0 Å². The van der Waals surface area contributed by atoms with Gasteiger partial charge in [-0.1, -0.05) is 13.0 Å². The summed E-state index contributed by atoms with van der Waals surface area (Å²) in [6.07, 6.45) is 0.737. The fraction of sp³-hybridized carbons (Fsp3) is 0.286. The van der Waals surface area contributed by atoms with Crippen molar-refractivity contribution < 1.29 is 9.18 Å². The minimum absolute atomic E-state index is 0.131. The molecule has 0 fully saturated rings. The van der Waals surface area contributed by atoms with E-state index >= 15 is 0 Å². The molecule has 1 aromatic heterocycles. The van der Waals surface area contributed by atoms with Crippen molar-refractivity contribution in [2.45, 2.75) is 19.9 Å². The van der Waals surface area contributed by atoms with E-state index in [4.69, 9.17) is 5.73 Å². The normalized spacial score (nSPS) is 10.6. The number of carbonyl (C=O) groups excluding carboxylic acids is 1. The molecule has 5 nitrogen and oxygen atoms in total. The van der Waals surface area contributed by atoms with Crippen LogP contribution in [-0.4, -0.2) is 15.7 Å². The smallest absolute Gasteiger partial charge is 0.274 e. The number of nitrogens with two attached hydrogens (primary N) is 1. The number of carbonyl (C=O) groups is 1. The highest BCUT2D eigenvalue weighted by Crippen LogP contribution is 2.17. The monoisotopic (exact) mass is 276 g/mol. The minimum atomic E-state index is -0.501. The van der Waals surface area contributed by atoms with Gasteiger partial charge in [-0.05, 0) is 30.2 Å². The van der Waals surface area contributed by atoms with Crippen molar-refractivity contribution in [1.29, 1.82) is 0 Å². The Balaban J connectivity index is 2.21. The Morgan fingerprint density at radius 3 is 2.75 bits per heavy atom. The van der Waals surface area contributed by atoms with E-state index in [1.54, 1.807) is 19.2 Å². The summed E-state index contributed by atoms with van der Waals surface area (Å²) in [6, 6.07) is 6.20. The molecule has 2 aromatic rings. The number of benzene rings is 1. The summed E-state index contributed by atoms with van der Waals surface area (Å²) in [6.45, 7) is 2.21. The number of nitrogens with one attached hydrogen (secondary N) is 1. The van der Waals surface area contributed by atoms with Crippen molar-refractivity contribution in [2.75, 3.05) is 5.32 Å². The van der Waals surface area contributed by atoms with Crippen LogP contribution in [0.1, 0.15) is 28.7 Å². The lowest BCUT2D eigenvalue weighted by Gasteiger charge is -2.07. The van der Waals surface area contributed by atoms with Crippen LogP contribution in [0.15, 0.2) is 24.3 Å². The second kappa shape index (κ2) is 5.83. The third-order valence-corrected chi connectivity index (χ3v) is 3.04. The Kier molecular flexibility index (Phi) is 4.14. The fourth-order valence-electron chi connectivity index (χ4n) is 1.89. The van der Waals surface area contributed by atoms with Crippen molar-refractivity contribution in [3.8, 4) is 0 Å². The van der Waals surface area contributed by atoms with Crippen LogP contribution < -0.4 is 11.1 Å². The summed E-state index contributed by atoms with van der Waals surface area (Å²) in [5, 5.41) is 6.73. The van der Waals surface area contributed by atoms with Crippen LogP contribution in [0.2, 0.25) is 0 Å². The Hall–Kier alpha value is -2.21. The molecule has 0 aliphatic heterocycles. The van der Waals surface area contributed by atoms with Gasteiger partial charge in [0.1, 0.15) is 11.5 Å². The Labute approximate surface area is 116 Å². The van der Waals surface area contributed by atoms with Crippen LogP contribution in [0.25, 0.3) is 0 Å². The lowest BCUT2D eigenvalue weighted by Crippen LogP contribution is -2.17. The second-order valence-electron chi connectivity index (χ2n) is 4.47. The van der Waals surface area contributed by atoms with Crippen molar-refractivity contribution in [3.63, 3.8) is 0 Å². The highest BCUT2D eigenvalue weighted by Gasteiger charge is 2.14. The molecule has 0 saturated carbocycles. The number of aromatic nitrogens is 2. The molecule has 0 spiro atoms. The number of hydrogen-bond donors (Lipinski definition) is 2. The first-order valence-electron chi connectivity index (χ1n) is 6.38. The van der Waals surface area contributed by atoms with E-state index in [-0.39, 0.29) is 18.1 Å². The summed E-state index contributed by atoms with van der Waals surface area (Å²) in [5.74, 6) is -0.890. The lowest BCUT2D eigenvalue weighted by molar-refractivity contribution is 0.101. The zero-order valence-corrected chi connectivity index (χ0v) is 11.5. The van der Waals surface area contributed by atoms with Crippen molar-refractivity contribution >= 4 is 11.6 Å². The summed E-state index contributed by atoms with van der Waals surface area (Å²) in [5.41, 5.74) is 7.45. The Morgan fingerprint density at radius 2 is 2.20 bits per heavy atom. The molecule has 20 heavy (non-hydrogen) atoms. The third-order valence-electron chi connectivity index (χ3n) is 3.04. The molecule has 3 N–H and O–H groups in total. The van der Waals surface area contributed by atoms with Crippen LogP contribution in [0.5, 0.6) is 0 Å². The van der Waals surface area contributed by atoms with E-state index in [0.29, 0.717) is 11.3 Å². The van der Waals surface area contributed by atoms with E-state index in [1.165, 1.54) is 16.8 Å². The number of halogens is 1. The molecule has 0 radical (unpaired) electrons. The van der Waals surface area contributed by atoms with Gasteiger partial charge in [-0.25, -0.2) is 4.39 Å². The summed E-state index contributed by atoms with van der Waals surface area (Å²) < 4.78 is 15.3. The van der Waals surface area contributed by atoms with Gasteiger partial charge in [-0.3, -0.25) is 9.48 Å². The minimum Gasteiger partial charge on any atom is -0.326 e. The summed E-state index contributed by atoms with van der Waals surface area (Å²) in [4.78, 5) is 12.1. The Bertz CT molecular complexity index is 636. The first-order chi connectivity index (χ1) is 9.55. The van der Waals surface area contributed by atoms with Crippen LogP contribution in [-0.2, 0) is 20.0 Å². The number of rotatable bonds is 4. The van der Waals surface area contributed by atoms with E-state index in [0.717, 1.165) is 12.1 Å². The first kappa shape index (κ1) is 14.2. The van der Waals surface area contributed by atoms with Crippen LogP contribution in [0.4, 0.5) is 10.1 Å². The maximum Gasteiger partial charge on any atom is 0.274 e. The molecule has 0 atom stereocenters. The molecule has 0 saturated heterocycles. The molecule has 6 heteroatoms. The van der Waals surface area contributed by atoms with Crippen LogP contribution in [0, 0.1) is 5.82 Å². The van der Waals surface area contributed by atoms with Gasteiger partial charge in [-0.2, -0.15) is 5.10 Å². The van der Waals surface area contributed by atoms with Gasteiger partial charge >= 0.3 is 0 Å². The molecule has 0 aliphatic carbocycles. The third kappa shape index (κ3) is 2.85. The van der Waals surface area contributed by atoms with Gasteiger partial charge in [0.05, 0.1) is 11.4 Å². The number of hydrogen-bond acceptors (Lipinski definition) is 3. The number of anilines is 1. The number of amides is 1. The molecule has 1 amide bonds. The number of nitrogens with zero attached hydrogens (tertiary/aromatic N) is 2. The topological polar surface area (TPSA) is 72.9 Å². The van der Waals surface area contributed by atoms with Gasteiger partial charge in [0, 0.05) is 13.6 Å². The van der Waals surface area contributed by atoms with E-state index < -0.39 is 5.82 Å². The first-order valence-corrected chi connectivity index (χ1v) is 6.38. The molecule has 0 bridgehead atoms. The molecule has 0 unspecified atom stereocenters. The van der Waals surface area contributed by atoms with Crippen molar-refractivity contribution in [1.82, 2.24) is 9.78 Å². The van der Waals surface area contributed by atoms with Gasteiger partial charge in [0.25, 0.3) is 5.91 Å². The maximum absolute atomic E-state index is 13.8. The molecular formula is C14H17FN4O. The average molecular weight is 276 g/mol. The van der Waals surface area contributed by atoms with E-state index in [9.17, 15) is 9.18 Å². The molecule has 1 heterocycles. The van der Waals surface area contributed by atoms with E-state index in [2.05, 4.69) is 10.4 Å². The average Bonchev–Trinajstić information content (AvgIpc) is 2.82. The number of aryl methyl sites for hydroxylation is 2. The Morgan fingerprint density at radius 1 is 1.45 bits per heavy atom. The zero-order valence-electron chi connectivity index (χ0n) is 11.5. The highest BCUT2D eigenvalue weighted by molar-refractivity contribution is 6.03. The van der Waals surface area contributed by atoms with Crippen LogP contribution >= 0.6 is 0 Å². The molecule has 106 valence electrons. The van der Waals surface area contributed by atoms with Gasteiger partial charge in [0.2, 0.25) is 0 Å². The summed E-state index contributed by atoms with van der Waals surface area (Å²) in [7, 11) is 1.68. The largest absolute Gasteiger partial charge is 0.326 e. The summed E-state index contributed by atoms with van der Waals surface area (Å²) >= 11 is 0. The van der Waals surface area contributed by atoms with Crippen molar-refractivity contribution in [2.24, 2.45) is 12.8 Å². The van der Waals surface area contributed by atoms with E-state index in [1.807, 2.05) is 6.92 Å². The molecule has 0 aliphatic rings. The predicted octanol–water partition coefficient (Wildman–Crippen LogP) is 1.83.